The van der Waals surface area contributed by atoms with Crippen molar-refractivity contribution < 1.29 is 26.4 Å². The molecule has 80 valence electrons. The number of halogens is 5. The second-order valence-corrected chi connectivity index (χ2v) is 8.12. The molecule has 0 aliphatic carbocycles. The predicted molar refractivity (Wildman–Crippen MR) is 40.3 cm³/mol. The van der Waals surface area contributed by atoms with Crippen molar-refractivity contribution in [2.45, 2.75) is 31.7 Å². The third-order valence-electron chi connectivity index (χ3n) is 1.10. The summed E-state index contributed by atoms with van der Waals surface area (Å²) in [5.74, 6) is -4.74. The summed E-state index contributed by atoms with van der Waals surface area (Å²) < 4.78 is 63.7. The molecule has 0 spiro atoms. The van der Waals surface area contributed by atoms with E-state index in [4.69, 9.17) is 0 Å². The molecule has 0 atom stereocenters. The van der Waals surface area contributed by atoms with Crippen molar-refractivity contribution >= 4 is 8.32 Å². The molecule has 7 heteroatoms. The fraction of sp³-hybridized carbons (Fsp3) is 1.00. The van der Waals surface area contributed by atoms with Crippen LogP contribution in [-0.2, 0) is 4.43 Å². The summed E-state index contributed by atoms with van der Waals surface area (Å²) in [7, 11) is -2.33. The zero-order chi connectivity index (χ0) is 10.9. The number of hydrogen-bond acceptors (Lipinski definition) is 1. The van der Waals surface area contributed by atoms with Crippen molar-refractivity contribution in [2.24, 2.45) is 0 Å². The first-order valence-corrected chi connectivity index (χ1v) is 6.95. The van der Waals surface area contributed by atoms with Gasteiger partial charge in [-0.15, -0.1) is 0 Å². The van der Waals surface area contributed by atoms with E-state index in [1.165, 1.54) is 0 Å². The zero-order valence-corrected chi connectivity index (χ0v) is 8.51. The topological polar surface area (TPSA) is 9.23 Å². The molecule has 0 unspecified atom stereocenters. The van der Waals surface area contributed by atoms with Gasteiger partial charge in [0.2, 0.25) is 0 Å². The van der Waals surface area contributed by atoms with E-state index in [0.717, 1.165) is 0 Å². The van der Waals surface area contributed by atoms with E-state index in [1.807, 2.05) is 0 Å². The van der Waals surface area contributed by atoms with Gasteiger partial charge in [-0.3, -0.25) is 0 Å². The van der Waals surface area contributed by atoms with Gasteiger partial charge in [0, 0.05) is 0 Å². The van der Waals surface area contributed by atoms with E-state index >= 15 is 0 Å². The van der Waals surface area contributed by atoms with Gasteiger partial charge in [-0.05, 0) is 19.6 Å². The van der Waals surface area contributed by atoms with Gasteiger partial charge in [0.05, 0.1) is 0 Å². The molecule has 0 aromatic carbocycles. The summed E-state index contributed by atoms with van der Waals surface area (Å²) in [5, 5.41) is 0. The molecule has 0 aliphatic heterocycles. The molecule has 13 heavy (non-hydrogen) atoms. The minimum absolute atomic E-state index is 1.54. The lowest BCUT2D eigenvalue weighted by molar-refractivity contribution is -0.290. The summed E-state index contributed by atoms with van der Waals surface area (Å²) >= 11 is 0. The minimum Gasteiger partial charge on any atom is -0.411 e. The Hall–Kier alpha value is -0.173. The van der Waals surface area contributed by atoms with Crippen LogP contribution in [0.1, 0.15) is 0 Å². The van der Waals surface area contributed by atoms with Gasteiger partial charge in [-0.2, -0.15) is 22.0 Å². The maximum Gasteiger partial charge on any atom is 0.455 e. The molecular weight excluding hydrogens is 211 g/mol. The van der Waals surface area contributed by atoms with Gasteiger partial charge in [0.25, 0.3) is 0 Å². The van der Waals surface area contributed by atoms with E-state index in [2.05, 4.69) is 4.43 Å². The Morgan fingerprint density at radius 2 is 1.38 bits per heavy atom. The van der Waals surface area contributed by atoms with Crippen LogP contribution >= 0.6 is 0 Å². The Morgan fingerprint density at radius 3 is 1.62 bits per heavy atom. The lowest BCUT2D eigenvalue weighted by Gasteiger charge is -2.24. The summed E-state index contributed by atoms with van der Waals surface area (Å²) in [6, 6.07) is 0. The molecule has 0 aromatic rings. The Kier molecular flexibility index (Phi) is 3.48. The molecule has 1 nitrogen and oxygen atoms in total. The first-order chi connectivity index (χ1) is 5.46. The lowest BCUT2D eigenvalue weighted by atomic mass is 10.3. The molecule has 0 saturated carbocycles. The van der Waals surface area contributed by atoms with Crippen molar-refractivity contribution in [3.05, 3.63) is 0 Å². The molecule has 0 fully saturated rings. The fourth-order valence-corrected chi connectivity index (χ4v) is 1.00. The molecule has 0 bridgehead atoms. The maximum absolute atomic E-state index is 12.2. The van der Waals surface area contributed by atoms with Gasteiger partial charge >= 0.3 is 12.1 Å². The highest BCUT2D eigenvalue weighted by Gasteiger charge is 2.57. The van der Waals surface area contributed by atoms with Crippen LogP contribution in [0.3, 0.4) is 0 Å². The Bertz CT molecular complexity index is 171. The molecular formula is C6H11F5OSi. The average Bonchev–Trinajstić information content (AvgIpc) is 1.79. The summed E-state index contributed by atoms with van der Waals surface area (Å²) in [4.78, 5) is 0. The molecule has 0 amide bonds. The van der Waals surface area contributed by atoms with Crippen LogP contribution in [-0.4, -0.2) is 27.0 Å². The molecule has 0 aromatic heterocycles. The molecule has 0 aliphatic rings. The normalized spacial score (nSPS) is 14.8. The van der Waals surface area contributed by atoms with Crippen LogP contribution in [0.2, 0.25) is 19.6 Å². The maximum atomic E-state index is 12.2. The van der Waals surface area contributed by atoms with E-state index in [-0.39, 0.29) is 0 Å². The van der Waals surface area contributed by atoms with Crippen LogP contribution in [0, 0.1) is 0 Å². The van der Waals surface area contributed by atoms with Crippen molar-refractivity contribution in [2.75, 3.05) is 6.61 Å². The summed E-state index contributed by atoms with van der Waals surface area (Å²) in [6.07, 6.45) is -5.52. The number of rotatable bonds is 3. The van der Waals surface area contributed by atoms with Gasteiger partial charge < -0.3 is 4.43 Å². The molecule has 0 radical (unpaired) electrons. The first kappa shape index (κ1) is 12.8. The third-order valence-corrected chi connectivity index (χ3v) is 2.11. The van der Waals surface area contributed by atoms with Crippen LogP contribution in [0.4, 0.5) is 22.0 Å². The first-order valence-electron chi connectivity index (χ1n) is 3.54. The second kappa shape index (κ2) is 3.53. The second-order valence-electron chi connectivity index (χ2n) is 3.60. The summed E-state index contributed by atoms with van der Waals surface area (Å²) in [6.45, 7) is 3.05. The molecule has 0 N–H and O–H groups in total. The molecule has 0 heterocycles. The lowest BCUT2D eigenvalue weighted by Crippen LogP contribution is -2.44. The van der Waals surface area contributed by atoms with Crippen LogP contribution < -0.4 is 0 Å². The van der Waals surface area contributed by atoms with E-state index in [9.17, 15) is 22.0 Å². The quantitative estimate of drug-likeness (QED) is 0.526. The van der Waals surface area contributed by atoms with Crippen molar-refractivity contribution in [3.8, 4) is 0 Å². The average molecular weight is 222 g/mol. The van der Waals surface area contributed by atoms with E-state index in [0.29, 0.717) is 0 Å². The number of alkyl halides is 5. The Balaban J connectivity index is 4.21. The smallest absolute Gasteiger partial charge is 0.411 e. The molecule has 0 rings (SSSR count). The molecule has 0 saturated heterocycles. The van der Waals surface area contributed by atoms with Gasteiger partial charge in [0.1, 0.15) is 6.61 Å². The van der Waals surface area contributed by atoms with E-state index < -0.39 is 27.0 Å². The zero-order valence-electron chi connectivity index (χ0n) is 7.51. The highest BCUT2D eigenvalue weighted by atomic mass is 28.4. The van der Waals surface area contributed by atoms with Gasteiger partial charge in [-0.1, -0.05) is 0 Å². The summed E-state index contributed by atoms with van der Waals surface area (Å²) in [5.41, 5.74) is 0. The SMILES string of the molecule is C[Si](C)(C)OCC(F)(F)C(F)(F)F. The van der Waals surface area contributed by atoms with Gasteiger partial charge in [0.15, 0.2) is 8.32 Å². The Labute approximate surface area is 74.0 Å². The van der Waals surface area contributed by atoms with Crippen molar-refractivity contribution in [1.29, 1.82) is 0 Å². The third kappa shape index (κ3) is 4.56. The Morgan fingerprint density at radius 1 is 1.00 bits per heavy atom. The van der Waals surface area contributed by atoms with Gasteiger partial charge in [-0.25, -0.2) is 0 Å². The number of hydrogen-bond donors (Lipinski definition) is 0. The standard InChI is InChI=1S/C6H11F5OSi/c1-13(2,3)12-4-5(7,8)6(9,10)11/h4H2,1-3H3. The highest BCUT2D eigenvalue weighted by Crippen LogP contribution is 2.35. The fourth-order valence-electron chi connectivity index (χ4n) is 0.389. The van der Waals surface area contributed by atoms with Crippen LogP contribution in [0.5, 0.6) is 0 Å². The van der Waals surface area contributed by atoms with Crippen molar-refractivity contribution in [3.63, 3.8) is 0 Å². The van der Waals surface area contributed by atoms with Crippen LogP contribution in [0.15, 0.2) is 0 Å². The highest BCUT2D eigenvalue weighted by molar-refractivity contribution is 6.69. The largest absolute Gasteiger partial charge is 0.455 e. The van der Waals surface area contributed by atoms with Crippen molar-refractivity contribution in [1.82, 2.24) is 0 Å². The monoisotopic (exact) mass is 222 g/mol. The van der Waals surface area contributed by atoms with E-state index in [1.54, 1.807) is 19.6 Å². The minimum atomic E-state index is -5.52. The predicted octanol–water partition coefficient (Wildman–Crippen LogP) is 3.04. The van der Waals surface area contributed by atoms with Crippen LogP contribution in [0.25, 0.3) is 0 Å².